The van der Waals surface area contributed by atoms with Crippen LogP contribution in [0.4, 0.5) is 0 Å². The first-order valence-corrected chi connectivity index (χ1v) is 10.6. The fourth-order valence-electron chi connectivity index (χ4n) is 3.55. The summed E-state index contributed by atoms with van der Waals surface area (Å²) in [5.74, 6) is 0.538. The second-order valence-electron chi connectivity index (χ2n) is 7.15. The number of hydrogen-bond donors (Lipinski definition) is 0. The van der Waals surface area contributed by atoms with Crippen molar-refractivity contribution < 1.29 is 9.53 Å². The first kappa shape index (κ1) is 19.2. The van der Waals surface area contributed by atoms with Crippen LogP contribution in [-0.2, 0) is 29.6 Å². The first-order valence-electron chi connectivity index (χ1n) is 9.72. The number of nitrogens with zero attached hydrogens (tertiary/aromatic N) is 4. The van der Waals surface area contributed by atoms with Gasteiger partial charge >= 0.3 is 5.97 Å². The fraction of sp³-hybridized carbons (Fsp3) is 0.130. The van der Waals surface area contributed by atoms with Gasteiger partial charge in [0.1, 0.15) is 4.70 Å². The Labute approximate surface area is 181 Å². The zero-order valence-electron chi connectivity index (χ0n) is 16.7. The Morgan fingerprint density at radius 2 is 1.74 bits per heavy atom. The van der Waals surface area contributed by atoms with E-state index in [0.717, 1.165) is 22.2 Å². The molecule has 0 N–H and O–H groups in total. The van der Waals surface area contributed by atoms with Gasteiger partial charge in [0.05, 0.1) is 11.9 Å². The summed E-state index contributed by atoms with van der Waals surface area (Å²) in [5.41, 5.74) is 3.70. The van der Waals surface area contributed by atoms with Crippen molar-refractivity contribution in [3.05, 3.63) is 87.8 Å². The van der Waals surface area contributed by atoms with Crippen molar-refractivity contribution in [2.24, 2.45) is 7.05 Å². The minimum absolute atomic E-state index is 0.0226. The molecule has 5 aromatic rings. The van der Waals surface area contributed by atoms with Gasteiger partial charge < -0.3 is 4.74 Å². The van der Waals surface area contributed by atoms with Crippen molar-refractivity contribution >= 4 is 33.3 Å². The highest BCUT2D eigenvalue weighted by Gasteiger charge is 2.17. The number of hydrogen-bond acceptors (Lipinski definition) is 6. The Bertz CT molecular complexity index is 1450. The maximum absolute atomic E-state index is 12.4. The van der Waals surface area contributed by atoms with E-state index in [0.29, 0.717) is 16.3 Å². The SMILES string of the molecule is Cn1c(=O)c2sccc2n2c(COC(=O)Cc3ccc(-c4ccccc4)cc3)nnc12. The fourth-order valence-corrected chi connectivity index (χ4v) is 4.41. The molecule has 0 spiro atoms. The van der Waals surface area contributed by atoms with Crippen LogP contribution in [0.3, 0.4) is 0 Å². The molecule has 0 radical (unpaired) electrons. The van der Waals surface area contributed by atoms with Gasteiger partial charge in [-0.3, -0.25) is 18.6 Å². The second-order valence-corrected chi connectivity index (χ2v) is 8.07. The van der Waals surface area contributed by atoms with Crippen LogP contribution >= 0.6 is 11.3 Å². The van der Waals surface area contributed by atoms with Crippen LogP contribution in [0.2, 0.25) is 0 Å². The van der Waals surface area contributed by atoms with Gasteiger partial charge in [-0.2, -0.15) is 0 Å². The Balaban J connectivity index is 1.31. The molecule has 0 bridgehead atoms. The number of fused-ring (bicyclic) bond motifs is 3. The number of aromatic nitrogens is 4. The van der Waals surface area contributed by atoms with Crippen LogP contribution in [-0.4, -0.2) is 25.1 Å². The zero-order valence-corrected chi connectivity index (χ0v) is 17.5. The molecule has 31 heavy (non-hydrogen) atoms. The molecule has 0 amide bonds. The van der Waals surface area contributed by atoms with Crippen LogP contribution in [0.25, 0.3) is 27.1 Å². The lowest BCUT2D eigenvalue weighted by molar-refractivity contribution is -0.144. The Hall–Kier alpha value is -3.78. The van der Waals surface area contributed by atoms with Crippen molar-refractivity contribution in [2.75, 3.05) is 0 Å². The summed E-state index contributed by atoms with van der Waals surface area (Å²) in [6, 6.07) is 19.8. The predicted octanol–water partition coefficient (Wildman–Crippen LogP) is 3.60. The van der Waals surface area contributed by atoms with Crippen LogP contribution in [0, 0.1) is 0 Å². The largest absolute Gasteiger partial charge is 0.457 e. The Morgan fingerprint density at radius 1 is 1.00 bits per heavy atom. The number of aryl methyl sites for hydroxylation is 1. The van der Waals surface area contributed by atoms with Crippen molar-refractivity contribution in [1.82, 2.24) is 19.2 Å². The molecule has 3 aromatic heterocycles. The summed E-state index contributed by atoms with van der Waals surface area (Å²) >= 11 is 1.36. The number of rotatable bonds is 5. The number of carbonyl (C=O) groups excluding carboxylic acids is 1. The average molecular weight is 430 g/mol. The lowest BCUT2D eigenvalue weighted by Gasteiger charge is -2.07. The van der Waals surface area contributed by atoms with E-state index < -0.39 is 0 Å². The molecule has 0 unspecified atom stereocenters. The minimum Gasteiger partial charge on any atom is -0.457 e. The maximum atomic E-state index is 12.4. The van der Waals surface area contributed by atoms with Gasteiger partial charge in [-0.05, 0) is 28.1 Å². The molecule has 0 aliphatic rings. The quantitative estimate of drug-likeness (QED) is 0.398. The van der Waals surface area contributed by atoms with Crippen LogP contribution in [0.1, 0.15) is 11.4 Å². The summed E-state index contributed by atoms with van der Waals surface area (Å²) in [6.07, 6.45) is 0.165. The van der Waals surface area contributed by atoms with E-state index in [1.165, 1.54) is 15.9 Å². The lowest BCUT2D eigenvalue weighted by Crippen LogP contribution is -2.19. The number of benzene rings is 2. The maximum Gasteiger partial charge on any atom is 0.310 e. The second kappa shape index (κ2) is 7.81. The third-order valence-electron chi connectivity index (χ3n) is 5.17. The van der Waals surface area contributed by atoms with Gasteiger partial charge in [0, 0.05) is 7.05 Å². The highest BCUT2D eigenvalue weighted by Crippen LogP contribution is 2.21. The topological polar surface area (TPSA) is 78.5 Å². The summed E-state index contributed by atoms with van der Waals surface area (Å²) in [7, 11) is 1.65. The molecular formula is C23H18N4O3S. The number of esters is 1. The van der Waals surface area contributed by atoms with Gasteiger partial charge in [0.15, 0.2) is 12.4 Å². The zero-order chi connectivity index (χ0) is 21.4. The summed E-state index contributed by atoms with van der Waals surface area (Å²) in [4.78, 5) is 24.8. The lowest BCUT2D eigenvalue weighted by atomic mass is 10.0. The van der Waals surface area contributed by atoms with E-state index in [1.807, 2.05) is 66.0 Å². The van der Waals surface area contributed by atoms with Gasteiger partial charge in [-0.1, -0.05) is 54.6 Å². The molecule has 2 aromatic carbocycles. The van der Waals surface area contributed by atoms with E-state index in [9.17, 15) is 9.59 Å². The van der Waals surface area contributed by atoms with Gasteiger partial charge in [0.25, 0.3) is 5.56 Å². The number of thiophene rings is 1. The van der Waals surface area contributed by atoms with Crippen molar-refractivity contribution in [3.63, 3.8) is 0 Å². The smallest absolute Gasteiger partial charge is 0.310 e. The third-order valence-corrected chi connectivity index (χ3v) is 6.06. The Morgan fingerprint density at radius 3 is 2.52 bits per heavy atom. The molecule has 0 aliphatic heterocycles. The molecule has 0 fully saturated rings. The van der Waals surface area contributed by atoms with E-state index in [4.69, 9.17) is 4.74 Å². The van der Waals surface area contributed by atoms with Gasteiger partial charge in [0.2, 0.25) is 5.78 Å². The number of ether oxygens (including phenoxy) is 1. The summed E-state index contributed by atoms with van der Waals surface area (Å²) in [5, 5.41) is 10.1. The van der Waals surface area contributed by atoms with Gasteiger partial charge in [-0.25, -0.2) is 0 Å². The molecular weight excluding hydrogens is 412 g/mol. The molecule has 7 nitrogen and oxygen atoms in total. The average Bonchev–Trinajstić information content (AvgIpc) is 3.44. The molecule has 8 heteroatoms. The molecule has 0 atom stereocenters. The van der Waals surface area contributed by atoms with E-state index in [1.54, 1.807) is 11.4 Å². The molecule has 0 saturated carbocycles. The number of carbonyl (C=O) groups is 1. The highest BCUT2D eigenvalue weighted by molar-refractivity contribution is 7.17. The minimum atomic E-state index is -0.351. The van der Waals surface area contributed by atoms with Crippen molar-refractivity contribution in [2.45, 2.75) is 13.0 Å². The Kier molecular flexibility index (Phi) is 4.83. The highest BCUT2D eigenvalue weighted by atomic mass is 32.1. The molecule has 3 heterocycles. The van der Waals surface area contributed by atoms with Crippen LogP contribution < -0.4 is 5.56 Å². The van der Waals surface area contributed by atoms with E-state index in [-0.39, 0.29) is 24.6 Å². The molecule has 0 saturated heterocycles. The van der Waals surface area contributed by atoms with Crippen LogP contribution in [0.5, 0.6) is 0 Å². The van der Waals surface area contributed by atoms with E-state index in [2.05, 4.69) is 10.2 Å². The normalized spacial score (nSPS) is 11.3. The van der Waals surface area contributed by atoms with E-state index >= 15 is 0 Å². The third kappa shape index (κ3) is 3.51. The van der Waals surface area contributed by atoms with Crippen molar-refractivity contribution in [1.29, 1.82) is 0 Å². The first-order chi connectivity index (χ1) is 15.1. The molecule has 5 rings (SSSR count). The van der Waals surface area contributed by atoms with Gasteiger partial charge in [-0.15, -0.1) is 21.5 Å². The summed E-state index contributed by atoms with van der Waals surface area (Å²) in [6.45, 7) is -0.0226. The predicted molar refractivity (Wildman–Crippen MR) is 119 cm³/mol. The monoisotopic (exact) mass is 430 g/mol. The standard InChI is InChI=1S/C23H18N4O3S/c1-26-22(29)21-18(11-12-31-21)27-19(24-25-23(26)27)14-30-20(28)13-15-7-9-17(10-8-15)16-5-3-2-4-6-16/h2-12H,13-14H2,1H3. The summed E-state index contributed by atoms with van der Waals surface area (Å²) < 4.78 is 9.28. The van der Waals surface area contributed by atoms with Crippen molar-refractivity contribution in [3.8, 4) is 11.1 Å². The molecule has 154 valence electrons. The molecule has 0 aliphatic carbocycles. The van der Waals surface area contributed by atoms with Crippen LogP contribution in [0.15, 0.2) is 70.8 Å².